The molecule has 0 aliphatic rings. The molecule has 1 atom stereocenters. The van der Waals surface area contributed by atoms with E-state index in [1.807, 2.05) is 24.3 Å². The smallest absolute Gasteiger partial charge is 0.129 e. The SMILES string of the molecule is CCCc1cc(NC(CO)Cc2ccccc2)ncn1. The molecule has 2 aromatic rings. The van der Waals surface area contributed by atoms with Crippen LogP contribution < -0.4 is 5.32 Å². The van der Waals surface area contributed by atoms with E-state index in [1.54, 1.807) is 6.33 Å². The number of aliphatic hydroxyl groups is 1. The summed E-state index contributed by atoms with van der Waals surface area (Å²) in [5.74, 6) is 0.776. The molecule has 20 heavy (non-hydrogen) atoms. The van der Waals surface area contributed by atoms with Crippen molar-refractivity contribution in [2.24, 2.45) is 0 Å². The largest absolute Gasteiger partial charge is 0.394 e. The lowest BCUT2D eigenvalue weighted by Crippen LogP contribution is -2.27. The predicted octanol–water partition coefficient (Wildman–Crippen LogP) is 2.44. The third-order valence-electron chi connectivity index (χ3n) is 3.13. The highest BCUT2D eigenvalue weighted by atomic mass is 16.3. The maximum Gasteiger partial charge on any atom is 0.129 e. The number of hydrogen-bond donors (Lipinski definition) is 2. The molecule has 0 amide bonds. The molecule has 0 aliphatic carbocycles. The van der Waals surface area contributed by atoms with E-state index in [2.05, 4.69) is 34.3 Å². The van der Waals surface area contributed by atoms with Crippen LogP contribution in [0, 0.1) is 0 Å². The Kier molecular flexibility index (Phi) is 5.50. The van der Waals surface area contributed by atoms with Crippen LogP contribution in [0.1, 0.15) is 24.6 Å². The number of hydrogen-bond acceptors (Lipinski definition) is 4. The summed E-state index contributed by atoms with van der Waals surface area (Å²) in [5, 5.41) is 12.8. The fourth-order valence-electron chi connectivity index (χ4n) is 2.14. The summed E-state index contributed by atoms with van der Waals surface area (Å²) in [7, 11) is 0. The average Bonchev–Trinajstić information content (AvgIpc) is 2.48. The van der Waals surface area contributed by atoms with E-state index in [9.17, 15) is 5.11 Å². The van der Waals surface area contributed by atoms with Crippen LogP contribution >= 0.6 is 0 Å². The number of nitrogens with one attached hydrogen (secondary N) is 1. The minimum absolute atomic E-state index is 0.0400. The van der Waals surface area contributed by atoms with Crippen molar-refractivity contribution in [3.63, 3.8) is 0 Å². The number of aryl methyl sites for hydroxylation is 1. The first-order valence-electron chi connectivity index (χ1n) is 7.04. The van der Waals surface area contributed by atoms with Gasteiger partial charge in [0.15, 0.2) is 0 Å². The van der Waals surface area contributed by atoms with Gasteiger partial charge in [-0.2, -0.15) is 0 Å². The molecule has 106 valence electrons. The average molecular weight is 271 g/mol. The molecule has 1 heterocycles. The fourth-order valence-corrected chi connectivity index (χ4v) is 2.14. The van der Waals surface area contributed by atoms with Gasteiger partial charge < -0.3 is 10.4 Å². The first-order valence-corrected chi connectivity index (χ1v) is 7.04. The highest BCUT2D eigenvalue weighted by Crippen LogP contribution is 2.10. The highest BCUT2D eigenvalue weighted by Gasteiger charge is 2.09. The molecular weight excluding hydrogens is 250 g/mol. The number of aliphatic hydroxyl groups excluding tert-OH is 1. The van der Waals surface area contributed by atoms with Crippen LogP contribution in [-0.2, 0) is 12.8 Å². The van der Waals surface area contributed by atoms with E-state index < -0.39 is 0 Å². The van der Waals surface area contributed by atoms with Crippen molar-refractivity contribution < 1.29 is 5.11 Å². The van der Waals surface area contributed by atoms with Crippen molar-refractivity contribution in [2.75, 3.05) is 11.9 Å². The van der Waals surface area contributed by atoms with E-state index >= 15 is 0 Å². The molecule has 0 fully saturated rings. The van der Waals surface area contributed by atoms with Gasteiger partial charge in [-0.3, -0.25) is 0 Å². The van der Waals surface area contributed by atoms with Gasteiger partial charge in [-0.25, -0.2) is 9.97 Å². The van der Waals surface area contributed by atoms with Crippen molar-refractivity contribution in [1.82, 2.24) is 9.97 Å². The van der Waals surface area contributed by atoms with Crippen LogP contribution in [0.3, 0.4) is 0 Å². The Balaban J connectivity index is 2.00. The first-order chi connectivity index (χ1) is 9.81. The molecule has 0 aliphatic heterocycles. The molecule has 0 saturated carbocycles. The standard InChI is InChI=1S/C16H21N3O/c1-2-6-14-10-16(18-12-17-14)19-15(11-20)9-13-7-4-3-5-8-13/h3-5,7-8,10,12,15,20H,2,6,9,11H2,1H3,(H,17,18,19). The van der Waals surface area contributed by atoms with Crippen molar-refractivity contribution in [1.29, 1.82) is 0 Å². The zero-order chi connectivity index (χ0) is 14.2. The molecule has 1 unspecified atom stereocenters. The third kappa shape index (κ3) is 4.31. The molecular formula is C16H21N3O. The van der Waals surface area contributed by atoms with E-state index in [0.717, 1.165) is 30.8 Å². The topological polar surface area (TPSA) is 58.0 Å². The van der Waals surface area contributed by atoms with E-state index in [-0.39, 0.29) is 12.6 Å². The lowest BCUT2D eigenvalue weighted by molar-refractivity contribution is 0.273. The molecule has 2 N–H and O–H groups in total. The normalized spacial score (nSPS) is 12.1. The maximum absolute atomic E-state index is 9.52. The summed E-state index contributed by atoms with van der Waals surface area (Å²) >= 11 is 0. The predicted molar refractivity (Wildman–Crippen MR) is 80.7 cm³/mol. The molecule has 0 bridgehead atoms. The summed E-state index contributed by atoms with van der Waals surface area (Å²) in [6.45, 7) is 2.20. The Morgan fingerprint density at radius 1 is 1.20 bits per heavy atom. The minimum Gasteiger partial charge on any atom is -0.394 e. The summed E-state index contributed by atoms with van der Waals surface area (Å²) in [4.78, 5) is 8.45. The number of anilines is 1. The van der Waals surface area contributed by atoms with Crippen molar-refractivity contribution >= 4 is 5.82 Å². The van der Waals surface area contributed by atoms with Gasteiger partial charge >= 0.3 is 0 Å². The second kappa shape index (κ2) is 7.60. The third-order valence-corrected chi connectivity index (χ3v) is 3.13. The molecule has 4 heteroatoms. The van der Waals surface area contributed by atoms with Gasteiger partial charge in [0.05, 0.1) is 12.6 Å². The number of rotatable bonds is 7. The van der Waals surface area contributed by atoms with Crippen molar-refractivity contribution in [3.8, 4) is 0 Å². The zero-order valence-corrected chi connectivity index (χ0v) is 11.8. The van der Waals surface area contributed by atoms with Crippen LogP contribution in [0.2, 0.25) is 0 Å². The minimum atomic E-state index is -0.0400. The second-order valence-electron chi connectivity index (χ2n) is 4.86. The van der Waals surface area contributed by atoms with Crippen LogP contribution in [0.5, 0.6) is 0 Å². The van der Waals surface area contributed by atoms with Gasteiger partial charge in [0, 0.05) is 11.8 Å². The second-order valence-corrected chi connectivity index (χ2v) is 4.86. The summed E-state index contributed by atoms with van der Waals surface area (Å²) in [6, 6.07) is 12.0. The van der Waals surface area contributed by atoms with E-state index in [1.165, 1.54) is 5.56 Å². The van der Waals surface area contributed by atoms with Crippen LogP contribution in [-0.4, -0.2) is 27.7 Å². The monoisotopic (exact) mass is 271 g/mol. The number of nitrogens with zero attached hydrogens (tertiary/aromatic N) is 2. The fraction of sp³-hybridized carbons (Fsp3) is 0.375. The van der Waals surface area contributed by atoms with E-state index in [0.29, 0.717) is 0 Å². The van der Waals surface area contributed by atoms with Gasteiger partial charge in [0.25, 0.3) is 0 Å². The lowest BCUT2D eigenvalue weighted by Gasteiger charge is -2.17. The quantitative estimate of drug-likeness (QED) is 0.812. The highest BCUT2D eigenvalue weighted by molar-refractivity contribution is 5.36. The van der Waals surface area contributed by atoms with Crippen LogP contribution in [0.25, 0.3) is 0 Å². The molecule has 0 spiro atoms. The van der Waals surface area contributed by atoms with E-state index in [4.69, 9.17) is 0 Å². The van der Waals surface area contributed by atoms with Gasteiger partial charge in [-0.05, 0) is 18.4 Å². The van der Waals surface area contributed by atoms with Gasteiger partial charge in [-0.1, -0.05) is 43.7 Å². The Hall–Kier alpha value is -1.94. The summed E-state index contributed by atoms with van der Waals surface area (Å²) in [5.41, 5.74) is 2.23. The number of aromatic nitrogens is 2. The zero-order valence-electron chi connectivity index (χ0n) is 11.8. The molecule has 1 aromatic heterocycles. The lowest BCUT2D eigenvalue weighted by atomic mass is 10.1. The Morgan fingerprint density at radius 2 is 2.00 bits per heavy atom. The van der Waals surface area contributed by atoms with Crippen molar-refractivity contribution in [3.05, 3.63) is 54.0 Å². The molecule has 0 saturated heterocycles. The molecule has 2 rings (SSSR count). The maximum atomic E-state index is 9.52. The first kappa shape index (κ1) is 14.5. The Labute approximate surface area is 119 Å². The van der Waals surface area contributed by atoms with Gasteiger partial charge in [-0.15, -0.1) is 0 Å². The molecule has 4 nitrogen and oxygen atoms in total. The molecule has 1 aromatic carbocycles. The molecule has 0 radical (unpaired) electrons. The van der Waals surface area contributed by atoms with Gasteiger partial charge in [0.1, 0.15) is 12.1 Å². The van der Waals surface area contributed by atoms with Gasteiger partial charge in [0.2, 0.25) is 0 Å². The Bertz CT molecular complexity index is 516. The summed E-state index contributed by atoms with van der Waals surface area (Å²) < 4.78 is 0. The van der Waals surface area contributed by atoms with Crippen LogP contribution in [0.15, 0.2) is 42.7 Å². The number of benzene rings is 1. The Morgan fingerprint density at radius 3 is 2.70 bits per heavy atom. The van der Waals surface area contributed by atoms with Crippen molar-refractivity contribution in [2.45, 2.75) is 32.2 Å². The summed E-state index contributed by atoms with van der Waals surface area (Å²) in [6.07, 6.45) is 4.35. The van der Waals surface area contributed by atoms with Crippen LogP contribution in [0.4, 0.5) is 5.82 Å².